The van der Waals surface area contributed by atoms with Gasteiger partial charge >= 0.3 is 0 Å². The number of aromatic nitrogens is 1. The van der Waals surface area contributed by atoms with E-state index in [1.54, 1.807) is 6.07 Å². The Balaban J connectivity index is 1.81. The van der Waals surface area contributed by atoms with Gasteiger partial charge in [0.1, 0.15) is 5.75 Å². The highest BCUT2D eigenvalue weighted by Crippen LogP contribution is 2.22. The molecule has 0 aliphatic carbocycles. The molecule has 0 bridgehead atoms. The standard InChI is InChI=1S/C19H20N2O/c1-14-8-9-19(22)16(11-14)13-21(2)12-15-5-3-7-18-17(15)6-4-10-20-18/h3-11,22H,12-13H2,1-2H3. The van der Waals surface area contributed by atoms with Crippen molar-refractivity contribution in [3.63, 3.8) is 0 Å². The molecule has 2 aromatic carbocycles. The van der Waals surface area contributed by atoms with Crippen molar-refractivity contribution in [2.45, 2.75) is 20.0 Å². The molecule has 1 aromatic heterocycles. The second-order valence-electron chi connectivity index (χ2n) is 5.79. The smallest absolute Gasteiger partial charge is 0.120 e. The molecular weight excluding hydrogens is 272 g/mol. The number of fused-ring (bicyclic) bond motifs is 1. The molecule has 0 aliphatic rings. The van der Waals surface area contributed by atoms with Crippen molar-refractivity contribution in [1.29, 1.82) is 0 Å². The zero-order valence-electron chi connectivity index (χ0n) is 13.0. The highest BCUT2D eigenvalue weighted by Gasteiger charge is 2.08. The largest absolute Gasteiger partial charge is 0.508 e. The van der Waals surface area contributed by atoms with E-state index in [0.717, 1.165) is 23.2 Å². The van der Waals surface area contributed by atoms with E-state index in [9.17, 15) is 5.11 Å². The third kappa shape index (κ3) is 3.10. The number of phenols is 1. The second kappa shape index (κ2) is 6.16. The number of hydrogen-bond donors (Lipinski definition) is 1. The summed E-state index contributed by atoms with van der Waals surface area (Å²) in [6.45, 7) is 3.57. The van der Waals surface area contributed by atoms with Crippen molar-refractivity contribution >= 4 is 10.9 Å². The number of hydrogen-bond acceptors (Lipinski definition) is 3. The summed E-state index contributed by atoms with van der Waals surface area (Å²) in [5, 5.41) is 11.2. The van der Waals surface area contributed by atoms with Gasteiger partial charge in [0.2, 0.25) is 0 Å². The van der Waals surface area contributed by atoms with Gasteiger partial charge in [0.05, 0.1) is 5.52 Å². The summed E-state index contributed by atoms with van der Waals surface area (Å²) in [5.41, 5.74) is 4.39. The summed E-state index contributed by atoms with van der Waals surface area (Å²) in [5.74, 6) is 0.358. The van der Waals surface area contributed by atoms with Crippen LogP contribution in [0.1, 0.15) is 16.7 Å². The quantitative estimate of drug-likeness (QED) is 0.792. The normalized spacial score (nSPS) is 11.2. The average Bonchev–Trinajstić information content (AvgIpc) is 2.51. The third-order valence-corrected chi connectivity index (χ3v) is 3.85. The first-order chi connectivity index (χ1) is 10.6. The summed E-state index contributed by atoms with van der Waals surface area (Å²) in [6.07, 6.45) is 1.82. The summed E-state index contributed by atoms with van der Waals surface area (Å²) < 4.78 is 0. The van der Waals surface area contributed by atoms with Gasteiger partial charge in [-0.3, -0.25) is 9.88 Å². The molecule has 0 radical (unpaired) electrons. The predicted molar refractivity (Wildman–Crippen MR) is 89.8 cm³/mol. The summed E-state index contributed by atoms with van der Waals surface area (Å²) in [6, 6.07) is 16.0. The predicted octanol–water partition coefficient (Wildman–Crippen LogP) is 3.88. The van der Waals surface area contributed by atoms with Crippen molar-refractivity contribution in [2.75, 3.05) is 7.05 Å². The number of pyridine rings is 1. The minimum atomic E-state index is 0.358. The first-order valence-electron chi connectivity index (χ1n) is 7.43. The van der Waals surface area contributed by atoms with E-state index in [-0.39, 0.29) is 0 Å². The minimum Gasteiger partial charge on any atom is -0.508 e. The number of rotatable bonds is 4. The van der Waals surface area contributed by atoms with Gasteiger partial charge in [-0.05, 0) is 37.7 Å². The Morgan fingerprint density at radius 1 is 1.00 bits per heavy atom. The van der Waals surface area contributed by atoms with Crippen LogP contribution in [0.4, 0.5) is 0 Å². The molecule has 3 heteroatoms. The Bertz CT molecular complexity index is 793. The molecule has 112 valence electrons. The number of aryl methyl sites for hydroxylation is 1. The highest BCUT2D eigenvalue weighted by molar-refractivity contribution is 5.81. The number of nitrogens with zero attached hydrogens (tertiary/aromatic N) is 2. The van der Waals surface area contributed by atoms with Crippen LogP contribution in [0.2, 0.25) is 0 Å². The van der Waals surface area contributed by atoms with Crippen LogP contribution in [0.15, 0.2) is 54.7 Å². The van der Waals surface area contributed by atoms with E-state index in [2.05, 4.69) is 29.1 Å². The topological polar surface area (TPSA) is 36.4 Å². The Morgan fingerprint density at radius 3 is 2.68 bits per heavy atom. The fraction of sp³-hybridized carbons (Fsp3) is 0.211. The maximum atomic E-state index is 9.99. The Morgan fingerprint density at radius 2 is 1.82 bits per heavy atom. The summed E-state index contributed by atoms with van der Waals surface area (Å²) in [7, 11) is 2.07. The second-order valence-corrected chi connectivity index (χ2v) is 5.79. The van der Waals surface area contributed by atoms with E-state index in [1.165, 1.54) is 10.9 Å². The first-order valence-corrected chi connectivity index (χ1v) is 7.43. The lowest BCUT2D eigenvalue weighted by molar-refractivity contribution is 0.313. The molecule has 3 aromatic rings. The third-order valence-electron chi connectivity index (χ3n) is 3.85. The number of phenolic OH excluding ortho intramolecular Hbond substituents is 1. The first kappa shape index (κ1) is 14.5. The molecule has 22 heavy (non-hydrogen) atoms. The van der Waals surface area contributed by atoms with Crippen molar-refractivity contribution < 1.29 is 5.11 Å². The van der Waals surface area contributed by atoms with Gasteiger partial charge in [-0.1, -0.05) is 35.9 Å². The zero-order chi connectivity index (χ0) is 15.5. The minimum absolute atomic E-state index is 0.358. The van der Waals surface area contributed by atoms with Crippen LogP contribution in [-0.4, -0.2) is 22.0 Å². The van der Waals surface area contributed by atoms with Gasteiger partial charge < -0.3 is 5.11 Å². The molecular formula is C19H20N2O. The van der Waals surface area contributed by atoms with Crippen LogP contribution in [0.25, 0.3) is 10.9 Å². The Labute approximate surface area is 130 Å². The van der Waals surface area contributed by atoms with Gasteiger partial charge in [0, 0.05) is 30.2 Å². The molecule has 0 saturated heterocycles. The van der Waals surface area contributed by atoms with Crippen LogP contribution < -0.4 is 0 Å². The molecule has 0 atom stereocenters. The van der Waals surface area contributed by atoms with Crippen molar-refractivity contribution in [3.05, 3.63) is 71.4 Å². The molecule has 0 saturated carbocycles. The lowest BCUT2D eigenvalue weighted by Crippen LogP contribution is -2.17. The van der Waals surface area contributed by atoms with Gasteiger partial charge in [0.25, 0.3) is 0 Å². The van der Waals surface area contributed by atoms with Crippen LogP contribution >= 0.6 is 0 Å². The average molecular weight is 292 g/mol. The summed E-state index contributed by atoms with van der Waals surface area (Å²) >= 11 is 0. The van der Waals surface area contributed by atoms with Crippen LogP contribution in [0.5, 0.6) is 5.75 Å². The van der Waals surface area contributed by atoms with Crippen molar-refractivity contribution in [1.82, 2.24) is 9.88 Å². The van der Waals surface area contributed by atoms with Crippen LogP contribution in [-0.2, 0) is 13.1 Å². The fourth-order valence-corrected chi connectivity index (χ4v) is 2.78. The molecule has 3 nitrogen and oxygen atoms in total. The van der Waals surface area contributed by atoms with Gasteiger partial charge in [-0.25, -0.2) is 0 Å². The van der Waals surface area contributed by atoms with E-state index in [4.69, 9.17) is 0 Å². The SMILES string of the molecule is Cc1ccc(O)c(CN(C)Cc2cccc3ncccc23)c1. The van der Waals surface area contributed by atoms with E-state index < -0.39 is 0 Å². The van der Waals surface area contributed by atoms with E-state index in [1.807, 2.05) is 43.5 Å². The van der Waals surface area contributed by atoms with E-state index in [0.29, 0.717) is 12.3 Å². The lowest BCUT2D eigenvalue weighted by Gasteiger charge is -2.19. The van der Waals surface area contributed by atoms with E-state index >= 15 is 0 Å². The van der Waals surface area contributed by atoms with Gasteiger partial charge in [0.15, 0.2) is 0 Å². The molecule has 0 amide bonds. The Hall–Kier alpha value is -2.39. The summed E-state index contributed by atoms with van der Waals surface area (Å²) in [4.78, 5) is 6.60. The molecule has 0 aliphatic heterocycles. The van der Waals surface area contributed by atoms with Gasteiger partial charge in [-0.15, -0.1) is 0 Å². The fourth-order valence-electron chi connectivity index (χ4n) is 2.78. The zero-order valence-corrected chi connectivity index (χ0v) is 13.0. The Kier molecular flexibility index (Phi) is 4.07. The molecule has 0 unspecified atom stereocenters. The molecule has 3 rings (SSSR count). The molecule has 0 fully saturated rings. The van der Waals surface area contributed by atoms with Crippen molar-refractivity contribution in [3.8, 4) is 5.75 Å². The maximum Gasteiger partial charge on any atom is 0.120 e. The number of aromatic hydroxyl groups is 1. The molecule has 0 spiro atoms. The monoisotopic (exact) mass is 292 g/mol. The maximum absolute atomic E-state index is 9.99. The highest BCUT2D eigenvalue weighted by atomic mass is 16.3. The van der Waals surface area contributed by atoms with Crippen LogP contribution in [0.3, 0.4) is 0 Å². The van der Waals surface area contributed by atoms with Crippen LogP contribution in [0, 0.1) is 6.92 Å². The molecule has 1 heterocycles. The van der Waals surface area contributed by atoms with Crippen molar-refractivity contribution in [2.24, 2.45) is 0 Å². The molecule has 1 N–H and O–H groups in total. The van der Waals surface area contributed by atoms with Gasteiger partial charge in [-0.2, -0.15) is 0 Å². The number of benzene rings is 2. The lowest BCUT2D eigenvalue weighted by atomic mass is 10.1.